The molecular formula is C16H18F3N3O. The number of rotatable bonds is 4. The number of imidazole rings is 1. The highest BCUT2D eigenvalue weighted by Crippen LogP contribution is 2.40. The second-order valence-corrected chi connectivity index (χ2v) is 5.79. The van der Waals surface area contributed by atoms with E-state index in [0.29, 0.717) is 26.1 Å². The van der Waals surface area contributed by atoms with Crippen LogP contribution in [0.2, 0.25) is 0 Å². The number of hydrogen-bond donors (Lipinski definition) is 1. The first-order valence-electron chi connectivity index (χ1n) is 7.49. The maximum atomic E-state index is 13.2. The summed E-state index contributed by atoms with van der Waals surface area (Å²) < 4.78 is 41.6. The summed E-state index contributed by atoms with van der Waals surface area (Å²) >= 11 is 0. The summed E-state index contributed by atoms with van der Waals surface area (Å²) in [7, 11) is 0. The van der Waals surface area contributed by atoms with E-state index >= 15 is 0 Å². The Hall–Kier alpha value is -1.86. The molecule has 0 saturated carbocycles. The predicted octanol–water partition coefficient (Wildman–Crippen LogP) is 2.71. The predicted molar refractivity (Wildman–Crippen MR) is 78.6 cm³/mol. The molecule has 0 amide bonds. The Kier molecular flexibility index (Phi) is 4.41. The summed E-state index contributed by atoms with van der Waals surface area (Å²) in [4.78, 5) is 5.86. The molecule has 2 aromatic rings. The van der Waals surface area contributed by atoms with Gasteiger partial charge in [0.25, 0.3) is 0 Å². The van der Waals surface area contributed by atoms with Gasteiger partial charge in [0.1, 0.15) is 0 Å². The van der Waals surface area contributed by atoms with Crippen LogP contribution in [0.1, 0.15) is 23.6 Å². The van der Waals surface area contributed by atoms with Crippen LogP contribution in [0.3, 0.4) is 0 Å². The van der Waals surface area contributed by atoms with E-state index in [-0.39, 0.29) is 5.56 Å². The van der Waals surface area contributed by atoms with Gasteiger partial charge >= 0.3 is 6.18 Å². The Balaban J connectivity index is 1.82. The average Bonchev–Trinajstić information content (AvgIpc) is 3.13. The number of aliphatic hydroxyl groups is 1. The number of hydrogen-bond acceptors (Lipinski definition) is 3. The lowest BCUT2D eigenvalue weighted by Gasteiger charge is -2.27. The first-order valence-corrected chi connectivity index (χ1v) is 7.49. The van der Waals surface area contributed by atoms with Crippen LogP contribution in [0.25, 0.3) is 0 Å². The minimum absolute atomic E-state index is 0.238. The quantitative estimate of drug-likeness (QED) is 0.940. The van der Waals surface area contributed by atoms with Crippen LogP contribution in [-0.4, -0.2) is 38.8 Å². The number of β-amino-alcohol motifs (C(OH)–C–C–N with tert-alkyl or cyclic N) is 1. The smallest absolute Gasteiger partial charge is 0.392 e. The molecule has 3 rings (SSSR count). The van der Waals surface area contributed by atoms with Gasteiger partial charge in [0, 0.05) is 38.1 Å². The standard InChI is InChI=1S/C16H18F3N3O/c17-16(18,19)14-4-2-1-3-13(14)15-9-12(23)10-22(15)8-7-21-6-5-20-11-21/h1-6,11-12,15,23H,7-10H2/t12-,15+/m0/s1. The van der Waals surface area contributed by atoms with E-state index in [0.717, 1.165) is 6.07 Å². The van der Waals surface area contributed by atoms with E-state index in [1.54, 1.807) is 18.6 Å². The van der Waals surface area contributed by atoms with Crippen molar-refractivity contribution in [3.05, 3.63) is 54.1 Å². The van der Waals surface area contributed by atoms with Gasteiger partial charge in [0.05, 0.1) is 18.0 Å². The number of aliphatic hydroxyl groups excluding tert-OH is 1. The number of aromatic nitrogens is 2. The lowest BCUT2D eigenvalue weighted by Crippen LogP contribution is -2.29. The summed E-state index contributed by atoms with van der Waals surface area (Å²) in [5.74, 6) is 0. The zero-order valence-electron chi connectivity index (χ0n) is 12.4. The Morgan fingerprint density at radius 2 is 2.00 bits per heavy atom. The molecule has 7 heteroatoms. The zero-order valence-corrected chi connectivity index (χ0v) is 12.4. The second-order valence-electron chi connectivity index (χ2n) is 5.79. The van der Waals surface area contributed by atoms with E-state index < -0.39 is 23.9 Å². The molecule has 4 nitrogen and oxygen atoms in total. The van der Waals surface area contributed by atoms with E-state index in [1.807, 2.05) is 15.7 Å². The SMILES string of the molecule is O[C@H]1C[C@H](c2ccccc2C(F)(F)F)N(CCn2ccnc2)C1. The fourth-order valence-corrected chi connectivity index (χ4v) is 3.16. The van der Waals surface area contributed by atoms with E-state index in [1.165, 1.54) is 12.1 Å². The van der Waals surface area contributed by atoms with Crippen LogP contribution >= 0.6 is 0 Å². The third-order valence-corrected chi connectivity index (χ3v) is 4.21. The third-order valence-electron chi connectivity index (χ3n) is 4.21. The molecule has 1 aromatic carbocycles. The van der Waals surface area contributed by atoms with Crippen molar-refractivity contribution in [1.29, 1.82) is 0 Å². The maximum Gasteiger partial charge on any atom is 0.416 e. The van der Waals surface area contributed by atoms with Gasteiger partial charge in [0.2, 0.25) is 0 Å². The van der Waals surface area contributed by atoms with Crippen LogP contribution in [-0.2, 0) is 12.7 Å². The number of nitrogens with zero attached hydrogens (tertiary/aromatic N) is 3. The van der Waals surface area contributed by atoms with Crippen molar-refractivity contribution in [3.63, 3.8) is 0 Å². The molecule has 2 atom stereocenters. The zero-order chi connectivity index (χ0) is 16.4. The van der Waals surface area contributed by atoms with Crippen LogP contribution in [0.4, 0.5) is 13.2 Å². The van der Waals surface area contributed by atoms with Crippen molar-refractivity contribution in [3.8, 4) is 0 Å². The number of halogens is 3. The van der Waals surface area contributed by atoms with Gasteiger partial charge in [-0.2, -0.15) is 13.2 Å². The molecule has 23 heavy (non-hydrogen) atoms. The van der Waals surface area contributed by atoms with Crippen LogP contribution in [0.15, 0.2) is 43.0 Å². The lowest BCUT2D eigenvalue weighted by atomic mass is 9.97. The molecule has 0 bridgehead atoms. The van der Waals surface area contributed by atoms with E-state index in [4.69, 9.17) is 0 Å². The molecule has 2 heterocycles. The molecule has 1 aromatic heterocycles. The molecule has 1 aliphatic rings. The largest absolute Gasteiger partial charge is 0.416 e. The van der Waals surface area contributed by atoms with Crippen molar-refractivity contribution in [2.75, 3.05) is 13.1 Å². The molecule has 1 fully saturated rings. The Labute approximate surface area is 132 Å². The first kappa shape index (κ1) is 16.0. The minimum atomic E-state index is -4.39. The highest BCUT2D eigenvalue weighted by atomic mass is 19.4. The summed E-state index contributed by atoms with van der Waals surface area (Å²) in [5, 5.41) is 9.94. The van der Waals surface area contributed by atoms with Crippen molar-refractivity contribution in [1.82, 2.24) is 14.5 Å². The maximum absolute atomic E-state index is 13.2. The van der Waals surface area contributed by atoms with Crippen molar-refractivity contribution in [2.24, 2.45) is 0 Å². The fourth-order valence-electron chi connectivity index (χ4n) is 3.16. The van der Waals surface area contributed by atoms with Gasteiger partial charge in [-0.3, -0.25) is 4.90 Å². The molecule has 1 aliphatic heterocycles. The van der Waals surface area contributed by atoms with Crippen molar-refractivity contribution in [2.45, 2.75) is 31.3 Å². The fraction of sp³-hybridized carbons (Fsp3) is 0.438. The number of likely N-dealkylation sites (tertiary alicyclic amines) is 1. The van der Waals surface area contributed by atoms with Gasteiger partial charge < -0.3 is 9.67 Å². The highest BCUT2D eigenvalue weighted by molar-refractivity contribution is 5.33. The van der Waals surface area contributed by atoms with Gasteiger partial charge in [-0.15, -0.1) is 0 Å². The average molecular weight is 325 g/mol. The van der Waals surface area contributed by atoms with E-state index in [2.05, 4.69) is 4.98 Å². The monoisotopic (exact) mass is 325 g/mol. The summed E-state index contributed by atoms with van der Waals surface area (Å²) in [6.45, 7) is 1.56. The van der Waals surface area contributed by atoms with Crippen LogP contribution in [0, 0.1) is 0 Å². The Morgan fingerprint density at radius 1 is 1.22 bits per heavy atom. The molecule has 124 valence electrons. The molecule has 1 saturated heterocycles. The van der Waals surface area contributed by atoms with Gasteiger partial charge in [-0.05, 0) is 18.1 Å². The molecular weight excluding hydrogens is 307 g/mol. The van der Waals surface area contributed by atoms with Crippen LogP contribution < -0.4 is 0 Å². The van der Waals surface area contributed by atoms with Crippen LogP contribution in [0.5, 0.6) is 0 Å². The second kappa shape index (κ2) is 6.33. The van der Waals surface area contributed by atoms with E-state index in [9.17, 15) is 18.3 Å². The lowest BCUT2D eigenvalue weighted by molar-refractivity contribution is -0.138. The summed E-state index contributed by atoms with van der Waals surface area (Å²) in [6, 6.07) is 5.20. The number of alkyl halides is 3. The Morgan fingerprint density at radius 3 is 2.70 bits per heavy atom. The molecule has 0 spiro atoms. The third kappa shape index (κ3) is 3.56. The Bertz CT molecular complexity index is 642. The van der Waals surface area contributed by atoms with Gasteiger partial charge in [0.15, 0.2) is 0 Å². The highest BCUT2D eigenvalue weighted by Gasteiger charge is 2.39. The number of benzene rings is 1. The summed E-state index contributed by atoms with van der Waals surface area (Å²) in [5.41, 5.74) is -0.381. The normalized spacial score (nSPS) is 22.6. The molecule has 0 radical (unpaired) electrons. The van der Waals surface area contributed by atoms with Gasteiger partial charge in [-0.25, -0.2) is 4.98 Å². The van der Waals surface area contributed by atoms with Crippen molar-refractivity contribution >= 4 is 0 Å². The molecule has 0 unspecified atom stereocenters. The topological polar surface area (TPSA) is 41.3 Å². The first-order chi connectivity index (χ1) is 10.9. The summed E-state index contributed by atoms with van der Waals surface area (Å²) in [6.07, 6.45) is 0.465. The van der Waals surface area contributed by atoms with Gasteiger partial charge in [-0.1, -0.05) is 18.2 Å². The minimum Gasteiger partial charge on any atom is -0.392 e. The molecule has 0 aliphatic carbocycles. The van der Waals surface area contributed by atoms with Crippen molar-refractivity contribution < 1.29 is 18.3 Å². The molecule has 1 N–H and O–H groups in total.